The quantitative estimate of drug-likeness (QED) is 0.679. The number of methoxy groups -OCH3 is 1. The van der Waals surface area contributed by atoms with Crippen LogP contribution in [0.3, 0.4) is 0 Å². The average Bonchev–Trinajstić information content (AvgIpc) is 2.98. The number of rotatable bonds is 5. The van der Waals surface area contributed by atoms with Gasteiger partial charge in [0.05, 0.1) is 31.3 Å². The molecule has 0 spiro atoms. The average molecular weight is 310 g/mol. The molecule has 1 heterocycles. The van der Waals surface area contributed by atoms with Crippen molar-refractivity contribution < 1.29 is 14.3 Å². The summed E-state index contributed by atoms with van der Waals surface area (Å²) >= 11 is 0. The fourth-order valence-electron chi connectivity index (χ4n) is 2.51. The van der Waals surface area contributed by atoms with E-state index in [4.69, 9.17) is 9.47 Å². The highest BCUT2D eigenvalue weighted by Crippen LogP contribution is 2.23. The van der Waals surface area contributed by atoms with Crippen molar-refractivity contribution in [2.24, 2.45) is 0 Å². The molecule has 0 amide bonds. The molecule has 5 heteroatoms. The van der Waals surface area contributed by atoms with E-state index in [1.807, 2.05) is 48.7 Å². The fourth-order valence-corrected chi connectivity index (χ4v) is 2.51. The van der Waals surface area contributed by atoms with E-state index in [1.165, 1.54) is 0 Å². The first-order valence-electron chi connectivity index (χ1n) is 7.48. The maximum atomic E-state index is 11.9. The molecule has 23 heavy (non-hydrogen) atoms. The van der Waals surface area contributed by atoms with Crippen LogP contribution in [-0.2, 0) is 16.0 Å². The molecule has 0 N–H and O–H groups in total. The van der Waals surface area contributed by atoms with Gasteiger partial charge in [-0.25, -0.2) is 4.68 Å². The topological polar surface area (TPSA) is 53.4 Å². The van der Waals surface area contributed by atoms with Gasteiger partial charge in [0.2, 0.25) is 0 Å². The number of nitrogens with zero attached hydrogens (tertiary/aromatic N) is 2. The smallest absolute Gasteiger partial charge is 0.310 e. The highest BCUT2D eigenvalue weighted by atomic mass is 16.5. The minimum absolute atomic E-state index is 0.177. The molecule has 0 aliphatic heterocycles. The molecule has 0 atom stereocenters. The van der Waals surface area contributed by atoms with Crippen molar-refractivity contribution in [3.8, 4) is 11.4 Å². The van der Waals surface area contributed by atoms with Crippen molar-refractivity contribution in [3.63, 3.8) is 0 Å². The largest absolute Gasteiger partial charge is 0.497 e. The number of hydrogen-bond donors (Lipinski definition) is 0. The molecule has 0 unspecified atom stereocenters. The summed E-state index contributed by atoms with van der Waals surface area (Å²) in [5, 5.41) is 5.62. The maximum Gasteiger partial charge on any atom is 0.310 e. The summed E-state index contributed by atoms with van der Waals surface area (Å²) < 4.78 is 12.1. The Kier molecular flexibility index (Phi) is 4.28. The van der Waals surface area contributed by atoms with Crippen molar-refractivity contribution >= 4 is 16.9 Å². The first kappa shape index (κ1) is 15.1. The molecule has 0 fully saturated rings. The van der Waals surface area contributed by atoms with Gasteiger partial charge in [-0.3, -0.25) is 4.79 Å². The number of carbonyl (C=O) groups is 1. The molecule has 0 bridgehead atoms. The SMILES string of the molecule is CCOC(=O)Cc1cc(OC)ccc1-n1cc2ccccc2n1. The Hall–Kier alpha value is -2.82. The molecule has 118 valence electrons. The van der Waals surface area contributed by atoms with Crippen LogP contribution in [0.5, 0.6) is 5.75 Å². The van der Waals surface area contributed by atoms with Gasteiger partial charge in [0, 0.05) is 11.6 Å². The van der Waals surface area contributed by atoms with Gasteiger partial charge in [-0.1, -0.05) is 18.2 Å². The number of carbonyl (C=O) groups excluding carboxylic acids is 1. The summed E-state index contributed by atoms with van der Waals surface area (Å²) in [5.41, 5.74) is 2.57. The van der Waals surface area contributed by atoms with Gasteiger partial charge in [-0.05, 0) is 36.8 Å². The Balaban J connectivity index is 2.04. The number of hydrogen-bond acceptors (Lipinski definition) is 4. The molecule has 3 rings (SSSR count). The van der Waals surface area contributed by atoms with Crippen molar-refractivity contribution in [1.29, 1.82) is 0 Å². The molecule has 5 nitrogen and oxygen atoms in total. The van der Waals surface area contributed by atoms with E-state index in [0.717, 1.165) is 22.2 Å². The van der Waals surface area contributed by atoms with Crippen LogP contribution in [0.2, 0.25) is 0 Å². The molecule has 0 aliphatic carbocycles. The molecule has 0 aliphatic rings. The standard InChI is InChI=1S/C18H18N2O3/c1-3-23-18(21)11-14-10-15(22-2)8-9-17(14)20-12-13-6-4-5-7-16(13)19-20/h4-10,12H,3,11H2,1-2H3. The highest BCUT2D eigenvalue weighted by Gasteiger charge is 2.13. The Morgan fingerprint density at radius 1 is 1.22 bits per heavy atom. The van der Waals surface area contributed by atoms with Crippen molar-refractivity contribution in [1.82, 2.24) is 9.78 Å². The third-order valence-corrected chi connectivity index (χ3v) is 3.59. The Bertz CT molecular complexity index is 806. The zero-order valence-electron chi connectivity index (χ0n) is 13.2. The zero-order valence-corrected chi connectivity index (χ0v) is 13.2. The highest BCUT2D eigenvalue weighted by molar-refractivity contribution is 5.79. The van der Waals surface area contributed by atoms with Gasteiger partial charge in [0.15, 0.2) is 0 Å². The number of esters is 1. The van der Waals surface area contributed by atoms with Crippen LogP contribution in [0.1, 0.15) is 12.5 Å². The van der Waals surface area contributed by atoms with Crippen molar-refractivity contribution in [2.45, 2.75) is 13.3 Å². The second-order valence-electron chi connectivity index (χ2n) is 5.11. The van der Waals surface area contributed by atoms with Crippen LogP contribution in [0.15, 0.2) is 48.7 Å². The van der Waals surface area contributed by atoms with Gasteiger partial charge in [0.1, 0.15) is 5.75 Å². The van der Waals surface area contributed by atoms with Crippen LogP contribution in [-0.4, -0.2) is 29.5 Å². The molecule has 0 radical (unpaired) electrons. The molecule has 3 aromatic rings. The minimum atomic E-state index is -0.265. The maximum absolute atomic E-state index is 11.9. The van der Waals surface area contributed by atoms with Gasteiger partial charge >= 0.3 is 5.97 Å². The van der Waals surface area contributed by atoms with Crippen molar-refractivity contribution in [2.75, 3.05) is 13.7 Å². The molecular formula is C18H18N2O3. The second kappa shape index (κ2) is 6.52. The third-order valence-electron chi connectivity index (χ3n) is 3.59. The van der Waals surface area contributed by atoms with E-state index in [-0.39, 0.29) is 12.4 Å². The van der Waals surface area contributed by atoms with Gasteiger partial charge in [0.25, 0.3) is 0 Å². The van der Waals surface area contributed by atoms with Crippen molar-refractivity contribution in [3.05, 3.63) is 54.2 Å². The molecule has 0 saturated carbocycles. The number of aromatic nitrogens is 2. The van der Waals surface area contributed by atoms with E-state index in [1.54, 1.807) is 18.7 Å². The second-order valence-corrected chi connectivity index (χ2v) is 5.11. The molecular weight excluding hydrogens is 292 g/mol. The summed E-state index contributed by atoms with van der Waals surface area (Å²) in [6.45, 7) is 2.16. The summed E-state index contributed by atoms with van der Waals surface area (Å²) in [7, 11) is 1.60. The van der Waals surface area contributed by atoms with Crippen LogP contribution < -0.4 is 4.74 Å². The van der Waals surface area contributed by atoms with Gasteiger partial charge in [-0.15, -0.1) is 0 Å². The Morgan fingerprint density at radius 3 is 2.78 bits per heavy atom. The first-order chi connectivity index (χ1) is 11.2. The van der Waals surface area contributed by atoms with E-state index < -0.39 is 0 Å². The summed E-state index contributed by atoms with van der Waals surface area (Å²) in [4.78, 5) is 11.9. The lowest BCUT2D eigenvalue weighted by atomic mass is 10.1. The number of benzene rings is 2. The Morgan fingerprint density at radius 2 is 2.04 bits per heavy atom. The molecule has 2 aromatic carbocycles. The number of fused-ring (bicyclic) bond motifs is 1. The number of ether oxygens (including phenoxy) is 2. The predicted octanol–water partition coefficient (Wildman–Crippen LogP) is 3.14. The summed E-state index contributed by atoms with van der Waals surface area (Å²) in [6, 6.07) is 13.5. The zero-order chi connectivity index (χ0) is 16.2. The van der Waals surface area contributed by atoms with Gasteiger partial charge in [-0.2, -0.15) is 5.10 Å². The van der Waals surface area contributed by atoms with Crippen LogP contribution >= 0.6 is 0 Å². The van der Waals surface area contributed by atoms with Gasteiger partial charge < -0.3 is 9.47 Å². The lowest BCUT2D eigenvalue weighted by Crippen LogP contribution is -2.10. The summed E-state index contributed by atoms with van der Waals surface area (Å²) in [5.74, 6) is 0.434. The predicted molar refractivity (Wildman–Crippen MR) is 88.0 cm³/mol. The molecule has 0 saturated heterocycles. The van der Waals surface area contributed by atoms with Crippen LogP contribution in [0, 0.1) is 0 Å². The third kappa shape index (κ3) is 3.18. The molecule has 1 aromatic heterocycles. The van der Waals surface area contributed by atoms with E-state index in [0.29, 0.717) is 12.4 Å². The normalized spacial score (nSPS) is 10.7. The van der Waals surface area contributed by atoms with E-state index in [2.05, 4.69) is 5.10 Å². The van der Waals surface area contributed by atoms with E-state index >= 15 is 0 Å². The lowest BCUT2D eigenvalue weighted by molar-refractivity contribution is -0.142. The lowest BCUT2D eigenvalue weighted by Gasteiger charge is -2.11. The summed E-state index contributed by atoms with van der Waals surface area (Å²) in [6.07, 6.45) is 2.13. The monoisotopic (exact) mass is 310 g/mol. The van der Waals surface area contributed by atoms with Crippen LogP contribution in [0.4, 0.5) is 0 Å². The Labute approximate surface area is 134 Å². The van der Waals surface area contributed by atoms with Crippen LogP contribution in [0.25, 0.3) is 16.6 Å². The minimum Gasteiger partial charge on any atom is -0.497 e. The van der Waals surface area contributed by atoms with E-state index in [9.17, 15) is 4.79 Å². The first-order valence-corrected chi connectivity index (χ1v) is 7.48. The fraction of sp³-hybridized carbons (Fsp3) is 0.222.